The van der Waals surface area contributed by atoms with Crippen molar-refractivity contribution in [1.29, 1.82) is 0 Å². The fourth-order valence-corrected chi connectivity index (χ4v) is 2.88. The second kappa shape index (κ2) is 8.37. The molecule has 1 aromatic heterocycles. The third-order valence-corrected chi connectivity index (χ3v) is 4.34. The lowest BCUT2D eigenvalue weighted by Crippen LogP contribution is -2.44. The lowest BCUT2D eigenvalue weighted by Gasteiger charge is -2.31. The van der Waals surface area contributed by atoms with E-state index >= 15 is 0 Å². The molecular formula is C19H22N2O4. The fraction of sp³-hybridized carbons (Fsp3) is 0.368. The molecule has 0 bridgehead atoms. The Balaban J connectivity index is 1.38. The molecule has 1 aliphatic rings. The Morgan fingerprint density at radius 3 is 2.56 bits per heavy atom. The molecule has 1 aromatic carbocycles. The summed E-state index contributed by atoms with van der Waals surface area (Å²) < 4.78 is 10.7. The maximum atomic E-state index is 12.2. The number of para-hydroxylation sites is 1. The van der Waals surface area contributed by atoms with Gasteiger partial charge >= 0.3 is 0 Å². The molecule has 0 aliphatic carbocycles. The number of furan rings is 1. The molecule has 132 valence electrons. The van der Waals surface area contributed by atoms with Crippen molar-refractivity contribution >= 4 is 11.8 Å². The van der Waals surface area contributed by atoms with E-state index in [0.29, 0.717) is 38.2 Å². The van der Waals surface area contributed by atoms with Crippen LogP contribution in [-0.2, 0) is 16.1 Å². The lowest BCUT2D eigenvalue weighted by atomic mass is 9.96. The quantitative estimate of drug-likeness (QED) is 0.874. The second-order valence-electron chi connectivity index (χ2n) is 6.05. The molecule has 0 saturated carbocycles. The summed E-state index contributed by atoms with van der Waals surface area (Å²) >= 11 is 0. The van der Waals surface area contributed by atoms with Gasteiger partial charge in [0.25, 0.3) is 5.91 Å². The predicted octanol–water partition coefficient (Wildman–Crippen LogP) is 2.21. The van der Waals surface area contributed by atoms with Crippen LogP contribution in [0, 0.1) is 5.92 Å². The highest BCUT2D eigenvalue weighted by molar-refractivity contribution is 5.80. The Hall–Kier alpha value is -2.76. The highest BCUT2D eigenvalue weighted by Crippen LogP contribution is 2.18. The maximum absolute atomic E-state index is 12.2. The fourth-order valence-electron chi connectivity index (χ4n) is 2.88. The summed E-state index contributed by atoms with van der Waals surface area (Å²) in [6.45, 7) is 1.58. The van der Waals surface area contributed by atoms with Crippen LogP contribution in [0.3, 0.4) is 0 Å². The van der Waals surface area contributed by atoms with Gasteiger partial charge in [-0.25, -0.2) is 0 Å². The summed E-state index contributed by atoms with van der Waals surface area (Å²) in [6.07, 6.45) is 2.92. The van der Waals surface area contributed by atoms with Gasteiger partial charge in [0.05, 0.1) is 12.8 Å². The molecule has 6 heteroatoms. The van der Waals surface area contributed by atoms with Crippen LogP contribution in [0.1, 0.15) is 18.6 Å². The third-order valence-electron chi connectivity index (χ3n) is 4.34. The molecule has 2 heterocycles. The molecule has 3 rings (SSSR count). The van der Waals surface area contributed by atoms with Crippen molar-refractivity contribution < 1.29 is 18.7 Å². The summed E-state index contributed by atoms with van der Waals surface area (Å²) in [4.78, 5) is 26.2. The minimum absolute atomic E-state index is 0.0176. The van der Waals surface area contributed by atoms with Crippen molar-refractivity contribution in [2.75, 3.05) is 19.7 Å². The summed E-state index contributed by atoms with van der Waals surface area (Å²) in [5, 5.41) is 2.88. The van der Waals surface area contributed by atoms with E-state index < -0.39 is 0 Å². The molecule has 0 unspecified atom stereocenters. The Bertz CT molecular complexity index is 677. The largest absolute Gasteiger partial charge is 0.484 e. The number of piperidine rings is 1. The molecule has 1 N–H and O–H groups in total. The van der Waals surface area contributed by atoms with Crippen molar-refractivity contribution in [3.05, 3.63) is 54.5 Å². The van der Waals surface area contributed by atoms with Crippen LogP contribution in [-0.4, -0.2) is 36.4 Å². The number of hydrogen-bond donors (Lipinski definition) is 1. The Morgan fingerprint density at radius 1 is 1.12 bits per heavy atom. The van der Waals surface area contributed by atoms with Crippen LogP contribution < -0.4 is 10.1 Å². The molecule has 0 spiro atoms. The van der Waals surface area contributed by atoms with Gasteiger partial charge in [0.1, 0.15) is 11.5 Å². The van der Waals surface area contributed by atoms with Crippen LogP contribution in [0.4, 0.5) is 0 Å². The summed E-state index contributed by atoms with van der Waals surface area (Å²) in [5.74, 6) is 1.33. The summed E-state index contributed by atoms with van der Waals surface area (Å²) in [6, 6.07) is 12.9. The van der Waals surface area contributed by atoms with Crippen molar-refractivity contribution in [3.63, 3.8) is 0 Å². The van der Waals surface area contributed by atoms with E-state index in [1.54, 1.807) is 17.2 Å². The molecule has 2 aromatic rings. The number of carbonyl (C=O) groups is 2. The third kappa shape index (κ3) is 4.86. The first kappa shape index (κ1) is 17.1. The average Bonchev–Trinajstić information content (AvgIpc) is 3.19. The minimum atomic E-state index is -0.0611. The number of hydrogen-bond acceptors (Lipinski definition) is 4. The first-order chi connectivity index (χ1) is 12.2. The van der Waals surface area contributed by atoms with Crippen molar-refractivity contribution in [1.82, 2.24) is 10.2 Å². The number of nitrogens with zero attached hydrogens (tertiary/aromatic N) is 1. The van der Waals surface area contributed by atoms with E-state index in [2.05, 4.69) is 5.32 Å². The number of ether oxygens (including phenoxy) is 1. The van der Waals surface area contributed by atoms with Crippen LogP contribution >= 0.6 is 0 Å². The first-order valence-corrected chi connectivity index (χ1v) is 8.48. The smallest absolute Gasteiger partial charge is 0.260 e. The van der Waals surface area contributed by atoms with Crippen LogP contribution in [0.15, 0.2) is 53.1 Å². The average molecular weight is 342 g/mol. The number of nitrogens with one attached hydrogen (secondary N) is 1. The monoisotopic (exact) mass is 342 g/mol. The van der Waals surface area contributed by atoms with Gasteiger partial charge in [0, 0.05) is 19.0 Å². The van der Waals surface area contributed by atoms with Gasteiger partial charge in [-0.1, -0.05) is 18.2 Å². The number of rotatable bonds is 6. The van der Waals surface area contributed by atoms with Gasteiger partial charge in [-0.05, 0) is 37.1 Å². The van der Waals surface area contributed by atoms with Crippen LogP contribution in [0.25, 0.3) is 0 Å². The topological polar surface area (TPSA) is 71.8 Å². The molecule has 25 heavy (non-hydrogen) atoms. The van der Waals surface area contributed by atoms with E-state index in [-0.39, 0.29) is 24.3 Å². The molecule has 6 nitrogen and oxygen atoms in total. The SMILES string of the molecule is O=C(NCc1ccco1)C1CCN(C(=O)COc2ccccc2)CC1. The van der Waals surface area contributed by atoms with E-state index in [9.17, 15) is 9.59 Å². The Morgan fingerprint density at radius 2 is 1.88 bits per heavy atom. The van der Waals surface area contributed by atoms with Crippen molar-refractivity contribution in [2.45, 2.75) is 19.4 Å². The molecular weight excluding hydrogens is 320 g/mol. The zero-order valence-electron chi connectivity index (χ0n) is 14.0. The molecule has 1 aliphatic heterocycles. The van der Waals surface area contributed by atoms with Crippen molar-refractivity contribution in [3.8, 4) is 5.75 Å². The number of carbonyl (C=O) groups excluding carboxylic acids is 2. The van der Waals surface area contributed by atoms with Gasteiger partial charge in [0.2, 0.25) is 5.91 Å². The van der Waals surface area contributed by atoms with Crippen LogP contribution in [0.2, 0.25) is 0 Å². The summed E-state index contributed by atoms with van der Waals surface area (Å²) in [7, 11) is 0. The Labute approximate surface area is 146 Å². The minimum Gasteiger partial charge on any atom is -0.484 e. The zero-order chi connectivity index (χ0) is 17.5. The molecule has 1 fully saturated rings. The number of benzene rings is 1. The Kier molecular flexibility index (Phi) is 5.72. The first-order valence-electron chi connectivity index (χ1n) is 8.48. The second-order valence-corrected chi connectivity index (χ2v) is 6.05. The van der Waals surface area contributed by atoms with Crippen LogP contribution in [0.5, 0.6) is 5.75 Å². The van der Waals surface area contributed by atoms with Gasteiger partial charge < -0.3 is 19.4 Å². The van der Waals surface area contributed by atoms with Crippen molar-refractivity contribution in [2.24, 2.45) is 5.92 Å². The van der Waals surface area contributed by atoms with Gasteiger partial charge in [0.15, 0.2) is 6.61 Å². The normalized spacial score (nSPS) is 15.0. The number of amides is 2. The lowest BCUT2D eigenvalue weighted by molar-refractivity contribution is -0.137. The van der Waals surface area contributed by atoms with Gasteiger partial charge in [-0.15, -0.1) is 0 Å². The van der Waals surface area contributed by atoms with E-state index in [0.717, 1.165) is 5.76 Å². The molecule has 0 atom stereocenters. The molecule has 0 radical (unpaired) electrons. The van der Waals surface area contributed by atoms with E-state index in [4.69, 9.17) is 9.15 Å². The molecule has 2 amide bonds. The maximum Gasteiger partial charge on any atom is 0.260 e. The number of likely N-dealkylation sites (tertiary alicyclic amines) is 1. The standard InChI is InChI=1S/C19H22N2O4/c22-18(14-25-16-5-2-1-3-6-16)21-10-8-15(9-11-21)19(23)20-13-17-7-4-12-24-17/h1-7,12,15H,8-11,13-14H2,(H,20,23). The highest BCUT2D eigenvalue weighted by atomic mass is 16.5. The highest BCUT2D eigenvalue weighted by Gasteiger charge is 2.27. The summed E-state index contributed by atoms with van der Waals surface area (Å²) in [5.41, 5.74) is 0. The van der Waals surface area contributed by atoms with Gasteiger partial charge in [-0.2, -0.15) is 0 Å². The molecule has 1 saturated heterocycles. The van der Waals surface area contributed by atoms with E-state index in [1.165, 1.54) is 0 Å². The van der Waals surface area contributed by atoms with Gasteiger partial charge in [-0.3, -0.25) is 9.59 Å². The van der Waals surface area contributed by atoms with E-state index in [1.807, 2.05) is 36.4 Å². The predicted molar refractivity (Wildman–Crippen MR) is 91.8 cm³/mol. The zero-order valence-corrected chi connectivity index (χ0v) is 14.0.